The first-order valence-corrected chi connectivity index (χ1v) is 6.76. The van der Waals surface area contributed by atoms with Crippen LogP contribution in [0.5, 0.6) is 0 Å². The van der Waals surface area contributed by atoms with E-state index >= 15 is 0 Å². The molecule has 110 valence electrons. The van der Waals surface area contributed by atoms with Crippen molar-refractivity contribution >= 4 is 12.0 Å². The first-order chi connectivity index (χ1) is 8.88. The molecular weight excluding hydrogens is 248 g/mol. The summed E-state index contributed by atoms with van der Waals surface area (Å²) in [5.41, 5.74) is -0.258. The van der Waals surface area contributed by atoms with E-state index in [1.54, 1.807) is 11.8 Å². The fourth-order valence-electron chi connectivity index (χ4n) is 2.30. The van der Waals surface area contributed by atoms with Crippen molar-refractivity contribution in [3.8, 4) is 0 Å². The summed E-state index contributed by atoms with van der Waals surface area (Å²) in [5, 5.41) is 11.8. The van der Waals surface area contributed by atoms with Gasteiger partial charge in [0, 0.05) is 31.3 Å². The Morgan fingerprint density at radius 3 is 2.47 bits per heavy atom. The maximum Gasteiger partial charge on any atom is 0.318 e. The molecule has 1 aliphatic rings. The fraction of sp³-hybridized carbons (Fsp3) is 0.846. The molecule has 0 spiro atoms. The molecule has 1 fully saturated rings. The zero-order valence-electron chi connectivity index (χ0n) is 11.9. The summed E-state index contributed by atoms with van der Waals surface area (Å²) >= 11 is 0. The molecule has 0 saturated carbocycles. The number of carbonyl (C=O) groups is 2. The molecule has 6 nitrogen and oxygen atoms in total. The zero-order valence-corrected chi connectivity index (χ0v) is 11.9. The predicted molar refractivity (Wildman–Crippen MR) is 71.1 cm³/mol. The molecule has 0 aliphatic carbocycles. The molecule has 19 heavy (non-hydrogen) atoms. The lowest BCUT2D eigenvalue weighted by Crippen LogP contribution is -2.55. The van der Waals surface area contributed by atoms with Gasteiger partial charge in [0.25, 0.3) is 0 Å². The first kappa shape index (κ1) is 15.8. The van der Waals surface area contributed by atoms with Crippen molar-refractivity contribution in [3.05, 3.63) is 0 Å². The number of carboxylic acids is 1. The molecule has 0 aromatic heterocycles. The van der Waals surface area contributed by atoms with Crippen LogP contribution in [0.4, 0.5) is 4.79 Å². The first-order valence-electron chi connectivity index (χ1n) is 6.76. The molecule has 1 aliphatic heterocycles. The Hall–Kier alpha value is -1.30. The summed E-state index contributed by atoms with van der Waals surface area (Å²) < 4.78 is 5.29. The minimum Gasteiger partial charge on any atom is -0.481 e. The highest BCUT2D eigenvalue weighted by atomic mass is 16.5. The molecule has 1 heterocycles. The highest BCUT2D eigenvalue weighted by Gasteiger charge is 2.31. The van der Waals surface area contributed by atoms with E-state index in [0.29, 0.717) is 19.8 Å². The number of urea groups is 1. The van der Waals surface area contributed by atoms with Crippen LogP contribution in [0.3, 0.4) is 0 Å². The van der Waals surface area contributed by atoms with Crippen molar-refractivity contribution < 1.29 is 19.4 Å². The van der Waals surface area contributed by atoms with Crippen molar-refractivity contribution in [1.29, 1.82) is 0 Å². The van der Waals surface area contributed by atoms with Gasteiger partial charge >= 0.3 is 12.0 Å². The van der Waals surface area contributed by atoms with E-state index in [4.69, 9.17) is 9.84 Å². The van der Waals surface area contributed by atoms with Crippen LogP contribution >= 0.6 is 0 Å². The zero-order chi connectivity index (χ0) is 14.5. The average Bonchev–Trinajstić information content (AvgIpc) is 2.28. The molecule has 1 saturated heterocycles. The van der Waals surface area contributed by atoms with Gasteiger partial charge in [-0.1, -0.05) is 0 Å². The predicted octanol–water partition coefficient (Wildman–Crippen LogP) is 1.45. The van der Waals surface area contributed by atoms with Crippen molar-refractivity contribution in [1.82, 2.24) is 10.2 Å². The van der Waals surface area contributed by atoms with Crippen LogP contribution in [-0.4, -0.2) is 53.3 Å². The Labute approximate surface area is 114 Å². The number of nitrogens with one attached hydrogen (secondary N) is 1. The number of carbonyl (C=O) groups excluding carboxylic acids is 1. The van der Waals surface area contributed by atoms with Crippen LogP contribution in [0, 0.1) is 0 Å². The third-order valence-electron chi connectivity index (χ3n) is 3.61. The van der Waals surface area contributed by atoms with Crippen molar-refractivity contribution in [2.75, 3.05) is 19.8 Å². The molecule has 0 aromatic carbocycles. The summed E-state index contributed by atoms with van der Waals surface area (Å²) in [6, 6.07) is -0.508. The maximum absolute atomic E-state index is 12.3. The third-order valence-corrected chi connectivity index (χ3v) is 3.61. The van der Waals surface area contributed by atoms with E-state index in [0.717, 1.165) is 12.8 Å². The number of amides is 2. The van der Waals surface area contributed by atoms with Crippen LogP contribution in [-0.2, 0) is 9.53 Å². The summed E-state index contributed by atoms with van der Waals surface area (Å²) in [6.07, 6.45) is 1.52. The average molecular weight is 272 g/mol. The number of carboxylic acid groups (broad SMARTS) is 1. The summed E-state index contributed by atoms with van der Waals surface area (Å²) in [6.45, 7) is 7.39. The number of hydrogen-bond donors (Lipinski definition) is 2. The van der Waals surface area contributed by atoms with Gasteiger partial charge < -0.3 is 20.1 Å². The molecule has 1 rings (SSSR count). The highest BCUT2D eigenvalue weighted by molar-refractivity contribution is 5.76. The van der Waals surface area contributed by atoms with Gasteiger partial charge in [-0.2, -0.15) is 0 Å². The summed E-state index contributed by atoms with van der Waals surface area (Å²) in [5.74, 6) is -0.893. The standard InChI is InChI=1S/C13H24N2O4/c1-4-15(10(2)9-11(16)17)12(18)14-13(3)5-7-19-8-6-13/h10H,4-9H2,1-3H3,(H,14,18)(H,16,17). The molecule has 2 N–H and O–H groups in total. The largest absolute Gasteiger partial charge is 0.481 e. The lowest BCUT2D eigenvalue weighted by molar-refractivity contribution is -0.138. The normalized spacial score (nSPS) is 19.5. The Balaban J connectivity index is 2.60. The Morgan fingerprint density at radius 1 is 1.42 bits per heavy atom. The van der Waals surface area contributed by atoms with E-state index < -0.39 is 5.97 Å². The van der Waals surface area contributed by atoms with Gasteiger partial charge in [-0.3, -0.25) is 4.79 Å². The molecule has 0 bridgehead atoms. The number of ether oxygens (including phenoxy) is 1. The van der Waals surface area contributed by atoms with Crippen molar-refractivity contribution in [3.63, 3.8) is 0 Å². The lowest BCUT2D eigenvalue weighted by atomic mass is 9.93. The number of hydrogen-bond acceptors (Lipinski definition) is 3. The molecule has 1 atom stereocenters. The second-order valence-corrected chi connectivity index (χ2v) is 5.34. The molecular formula is C13H24N2O4. The van der Waals surface area contributed by atoms with Crippen molar-refractivity contribution in [2.45, 2.75) is 51.6 Å². The van der Waals surface area contributed by atoms with Crippen LogP contribution in [0.1, 0.15) is 40.0 Å². The summed E-state index contributed by atoms with van der Waals surface area (Å²) in [7, 11) is 0. The topological polar surface area (TPSA) is 78.9 Å². The Bertz CT molecular complexity index is 327. The van der Waals surface area contributed by atoms with Gasteiger partial charge in [-0.15, -0.1) is 0 Å². The molecule has 0 radical (unpaired) electrons. The van der Waals surface area contributed by atoms with E-state index in [1.807, 2.05) is 13.8 Å². The second kappa shape index (κ2) is 6.75. The van der Waals surface area contributed by atoms with Crippen LogP contribution in [0.2, 0.25) is 0 Å². The fourth-order valence-corrected chi connectivity index (χ4v) is 2.30. The van der Waals surface area contributed by atoms with Gasteiger partial charge in [-0.05, 0) is 33.6 Å². The summed E-state index contributed by atoms with van der Waals surface area (Å²) in [4.78, 5) is 24.5. The van der Waals surface area contributed by atoms with E-state index in [9.17, 15) is 9.59 Å². The number of rotatable bonds is 5. The molecule has 1 unspecified atom stereocenters. The van der Waals surface area contributed by atoms with E-state index in [1.165, 1.54) is 0 Å². The van der Waals surface area contributed by atoms with Crippen LogP contribution in [0.15, 0.2) is 0 Å². The Kier molecular flexibility index (Phi) is 5.60. The van der Waals surface area contributed by atoms with E-state index in [-0.39, 0.29) is 24.0 Å². The Morgan fingerprint density at radius 2 is 2.00 bits per heavy atom. The minimum absolute atomic E-state index is 0.0406. The maximum atomic E-state index is 12.3. The molecule has 2 amide bonds. The van der Waals surface area contributed by atoms with Gasteiger partial charge in [0.05, 0.1) is 6.42 Å². The quantitative estimate of drug-likeness (QED) is 0.794. The molecule has 0 aromatic rings. The third kappa shape index (κ3) is 4.70. The van der Waals surface area contributed by atoms with Crippen LogP contribution in [0.25, 0.3) is 0 Å². The second-order valence-electron chi connectivity index (χ2n) is 5.34. The van der Waals surface area contributed by atoms with Gasteiger partial charge in [-0.25, -0.2) is 4.79 Å². The van der Waals surface area contributed by atoms with Gasteiger partial charge in [0.1, 0.15) is 0 Å². The van der Waals surface area contributed by atoms with Gasteiger partial charge in [0.2, 0.25) is 0 Å². The van der Waals surface area contributed by atoms with Gasteiger partial charge in [0.15, 0.2) is 0 Å². The van der Waals surface area contributed by atoms with E-state index in [2.05, 4.69) is 5.32 Å². The lowest BCUT2D eigenvalue weighted by Gasteiger charge is -2.37. The SMILES string of the molecule is CCN(C(=O)NC1(C)CCOCC1)C(C)CC(=O)O. The number of aliphatic carboxylic acids is 1. The number of nitrogens with zero attached hydrogens (tertiary/aromatic N) is 1. The highest BCUT2D eigenvalue weighted by Crippen LogP contribution is 2.20. The minimum atomic E-state index is -0.893. The van der Waals surface area contributed by atoms with Crippen LogP contribution < -0.4 is 5.32 Å². The van der Waals surface area contributed by atoms with Crippen molar-refractivity contribution in [2.24, 2.45) is 0 Å². The monoisotopic (exact) mass is 272 g/mol. The molecule has 6 heteroatoms. The smallest absolute Gasteiger partial charge is 0.318 e.